The molecular weight excluding hydrogens is 306 g/mol. The Morgan fingerprint density at radius 1 is 1.21 bits per heavy atom. The van der Waals surface area contributed by atoms with E-state index in [1.807, 2.05) is 25.1 Å². The molecule has 0 saturated heterocycles. The fraction of sp³-hybridized carbons (Fsp3) is 0.211. The molecule has 0 aliphatic rings. The van der Waals surface area contributed by atoms with Crippen molar-refractivity contribution >= 4 is 11.8 Å². The van der Waals surface area contributed by atoms with Crippen LogP contribution in [0.2, 0.25) is 0 Å². The van der Waals surface area contributed by atoms with Crippen LogP contribution in [0.3, 0.4) is 0 Å². The molecular formula is C19H21NO4. The first kappa shape index (κ1) is 17.4. The number of nitrogens with one attached hydrogen (secondary N) is 1. The van der Waals surface area contributed by atoms with Crippen LogP contribution in [0.1, 0.15) is 12.5 Å². The van der Waals surface area contributed by atoms with E-state index in [4.69, 9.17) is 14.2 Å². The minimum atomic E-state index is -0.599. The highest BCUT2D eigenvalue weighted by atomic mass is 16.6. The zero-order chi connectivity index (χ0) is 17.4. The van der Waals surface area contributed by atoms with Crippen molar-refractivity contribution in [2.24, 2.45) is 0 Å². The third-order valence-electron chi connectivity index (χ3n) is 3.20. The highest BCUT2D eigenvalue weighted by molar-refractivity contribution is 5.86. The van der Waals surface area contributed by atoms with Crippen molar-refractivity contribution in [3.8, 4) is 17.2 Å². The first-order valence-electron chi connectivity index (χ1n) is 7.65. The lowest BCUT2D eigenvalue weighted by molar-refractivity contribution is 0.213. The summed E-state index contributed by atoms with van der Waals surface area (Å²) in [6, 6.07) is 12.5. The first-order chi connectivity index (χ1) is 11.7. The Bertz CT molecular complexity index is 712. The lowest BCUT2D eigenvalue weighted by atomic mass is 10.1. The van der Waals surface area contributed by atoms with Gasteiger partial charge >= 0.3 is 6.09 Å². The zero-order valence-corrected chi connectivity index (χ0v) is 13.9. The van der Waals surface area contributed by atoms with Gasteiger partial charge in [-0.15, -0.1) is 6.58 Å². The molecule has 0 aliphatic carbocycles. The molecule has 5 heteroatoms. The number of methoxy groups -OCH3 is 1. The number of anilines is 1. The van der Waals surface area contributed by atoms with Gasteiger partial charge in [-0.3, -0.25) is 5.32 Å². The molecule has 0 heterocycles. The van der Waals surface area contributed by atoms with Crippen molar-refractivity contribution in [1.82, 2.24) is 0 Å². The predicted octanol–water partition coefficient (Wildman–Crippen LogP) is 4.43. The Labute approximate surface area is 141 Å². The van der Waals surface area contributed by atoms with Gasteiger partial charge in [-0.05, 0) is 43.2 Å². The van der Waals surface area contributed by atoms with E-state index in [1.165, 1.54) is 7.11 Å². The van der Waals surface area contributed by atoms with Gasteiger partial charge in [0.05, 0.1) is 13.7 Å². The Hall–Kier alpha value is -2.95. The van der Waals surface area contributed by atoms with E-state index in [0.29, 0.717) is 36.0 Å². The summed E-state index contributed by atoms with van der Waals surface area (Å²) < 4.78 is 16.0. The maximum absolute atomic E-state index is 12.1. The quantitative estimate of drug-likeness (QED) is 0.764. The lowest BCUT2D eigenvalue weighted by Gasteiger charge is -2.12. The molecule has 0 aliphatic heterocycles. The minimum Gasteiger partial charge on any atom is -0.494 e. The van der Waals surface area contributed by atoms with Crippen LogP contribution in [0.4, 0.5) is 10.5 Å². The highest BCUT2D eigenvalue weighted by Crippen LogP contribution is 2.29. The molecule has 0 aromatic heterocycles. The van der Waals surface area contributed by atoms with Crippen molar-refractivity contribution < 1.29 is 19.0 Å². The van der Waals surface area contributed by atoms with Crippen LogP contribution in [0.25, 0.3) is 0 Å². The summed E-state index contributed by atoms with van der Waals surface area (Å²) in [4.78, 5) is 12.1. The lowest BCUT2D eigenvalue weighted by Crippen LogP contribution is -2.17. The summed E-state index contributed by atoms with van der Waals surface area (Å²) in [6.45, 7) is 6.16. The van der Waals surface area contributed by atoms with E-state index in [2.05, 4.69) is 11.9 Å². The molecule has 0 radical (unpaired) electrons. The van der Waals surface area contributed by atoms with Gasteiger partial charge in [-0.1, -0.05) is 18.2 Å². The van der Waals surface area contributed by atoms with Crippen LogP contribution < -0.4 is 19.5 Å². The summed E-state index contributed by atoms with van der Waals surface area (Å²) in [6.07, 6.45) is 1.92. The van der Waals surface area contributed by atoms with Crippen LogP contribution in [0, 0.1) is 0 Å². The summed E-state index contributed by atoms with van der Waals surface area (Å²) in [7, 11) is 1.53. The predicted molar refractivity (Wildman–Crippen MR) is 94.2 cm³/mol. The second kappa shape index (κ2) is 8.62. The molecule has 0 fully saturated rings. The molecule has 0 saturated carbocycles. The molecule has 24 heavy (non-hydrogen) atoms. The normalized spacial score (nSPS) is 9.92. The molecule has 1 amide bonds. The smallest absolute Gasteiger partial charge is 0.417 e. The number of benzene rings is 2. The van der Waals surface area contributed by atoms with Gasteiger partial charge in [0.1, 0.15) is 5.75 Å². The molecule has 0 atom stereocenters. The van der Waals surface area contributed by atoms with Gasteiger partial charge in [0, 0.05) is 11.8 Å². The van der Waals surface area contributed by atoms with Gasteiger partial charge in [0.2, 0.25) is 0 Å². The van der Waals surface area contributed by atoms with E-state index >= 15 is 0 Å². The van der Waals surface area contributed by atoms with E-state index in [9.17, 15) is 4.79 Å². The fourth-order valence-electron chi connectivity index (χ4n) is 2.16. The number of rotatable bonds is 7. The molecule has 0 unspecified atom stereocenters. The number of carbonyl (C=O) groups is 1. The summed E-state index contributed by atoms with van der Waals surface area (Å²) in [5.41, 5.74) is 1.62. The van der Waals surface area contributed by atoms with E-state index in [0.717, 1.165) is 5.56 Å². The monoisotopic (exact) mass is 327 g/mol. The third-order valence-corrected chi connectivity index (χ3v) is 3.20. The second-order valence-electron chi connectivity index (χ2n) is 4.95. The van der Waals surface area contributed by atoms with Gasteiger partial charge < -0.3 is 14.2 Å². The van der Waals surface area contributed by atoms with E-state index in [-0.39, 0.29) is 0 Å². The maximum atomic E-state index is 12.1. The molecule has 0 bridgehead atoms. The Balaban J connectivity index is 2.06. The number of amides is 1. The van der Waals surface area contributed by atoms with Crippen molar-refractivity contribution in [2.75, 3.05) is 19.0 Å². The van der Waals surface area contributed by atoms with Crippen LogP contribution in [0.15, 0.2) is 55.1 Å². The number of hydrogen-bond acceptors (Lipinski definition) is 4. The maximum Gasteiger partial charge on any atom is 0.417 e. The molecule has 126 valence electrons. The van der Waals surface area contributed by atoms with Crippen molar-refractivity contribution in [3.63, 3.8) is 0 Å². The largest absolute Gasteiger partial charge is 0.494 e. The number of allylic oxidation sites excluding steroid dienone is 1. The standard InChI is InChI=1S/C19H21NO4/c1-4-7-14-10-11-17(18(12-14)22-3)24-19(21)20-15-8-6-9-16(13-15)23-5-2/h4,6,8-13H,1,5,7H2,2-3H3,(H,20,21). The molecule has 5 nitrogen and oxygen atoms in total. The number of ether oxygens (including phenoxy) is 3. The van der Waals surface area contributed by atoms with Gasteiger partial charge in [-0.25, -0.2) is 4.79 Å². The topological polar surface area (TPSA) is 56.8 Å². The van der Waals surface area contributed by atoms with Crippen LogP contribution in [-0.2, 0) is 6.42 Å². The summed E-state index contributed by atoms with van der Waals surface area (Å²) >= 11 is 0. The Morgan fingerprint density at radius 2 is 2.04 bits per heavy atom. The Kier molecular flexibility index (Phi) is 6.25. The Morgan fingerprint density at radius 3 is 2.75 bits per heavy atom. The van der Waals surface area contributed by atoms with E-state index in [1.54, 1.807) is 30.3 Å². The van der Waals surface area contributed by atoms with Gasteiger partial charge in [-0.2, -0.15) is 0 Å². The minimum absolute atomic E-state index is 0.351. The molecule has 2 aromatic carbocycles. The summed E-state index contributed by atoms with van der Waals surface area (Å²) in [5, 5.41) is 2.67. The highest BCUT2D eigenvalue weighted by Gasteiger charge is 2.11. The van der Waals surface area contributed by atoms with Gasteiger partial charge in [0.25, 0.3) is 0 Å². The third kappa shape index (κ3) is 4.78. The van der Waals surface area contributed by atoms with Crippen LogP contribution in [0.5, 0.6) is 17.2 Å². The van der Waals surface area contributed by atoms with Crippen molar-refractivity contribution in [3.05, 3.63) is 60.7 Å². The average Bonchev–Trinajstić information content (AvgIpc) is 2.57. The molecule has 0 spiro atoms. The SMILES string of the molecule is C=CCc1ccc(OC(=O)Nc2cccc(OCC)c2)c(OC)c1. The zero-order valence-electron chi connectivity index (χ0n) is 13.9. The second-order valence-corrected chi connectivity index (χ2v) is 4.95. The first-order valence-corrected chi connectivity index (χ1v) is 7.65. The van der Waals surface area contributed by atoms with Gasteiger partial charge in [0.15, 0.2) is 11.5 Å². The van der Waals surface area contributed by atoms with E-state index < -0.39 is 6.09 Å². The van der Waals surface area contributed by atoms with Crippen molar-refractivity contribution in [2.45, 2.75) is 13.3 Å². The number of carbonyl (C=O) groups excluding carboxylic acids is 1. The molecule has 1 N–H and O–H groups in total. The number of hydrogen-bond donors (Lipinski definition) is 1. The van der Waals surface area contributed by atoms with Crippen LogP contribution >= 0.6 is 0 Å². The fourth-order valence-corrected chi connectivity index (χ4v) is 2.16. The average molecular weight is 327 g/mol. The molecule has 2 rings (SSSR count). The van der Waals surface area contributed by atoms with Crippen LogP contribution in [-0.4, -0.2) is 19.8 Å². The van der Waals surface area contributed by atoms with Crippen molar-refractivity contribution in [1.29, 1.82) is 0 Å². The summed E-state index contributed by atoms with van der Waals surface area (Å²) in [5.74, 6) is 1.53. The molecule has 2 aromatic rings.